The highest BCUT2D eigenvalue weighted by Gasteiger charge is 2.63. The first-order valence-corrected chi connectivity index (χ1v) is 14.5. The lowest BCUT2D eigenvalue weighted by Gasteiger charge is -2.45. The number of nitrogens with zero attached hydrogens (tertiary/aromatic N) is 2. The van der Waals surface area contributed by atoms with E-state index in [1.807, 2.05) is 48.5 Å². The van der Waals surface area contributed by atoms with Gasteiger partial charge < -0.3 is 0 Å². The van der Waals surface area contributed by atoms with Crippen LogP contribution in [-0.4, -0.2) is 40.1 Å². The van der Waals surface area contributed by atoms with E-state index in [1.54, 1.807) is 12.1 Å². The third-order valence-corrected chi connectivity index (χ3v) is 9.52. The van der Waals surface area contributed by atoms with Crippen LogP contribution in [0.1, 0.15) is 54.8 Å². The molecule has 4 aromatic carbocycles. The minimum atomic E-state index is -0.724. The lowest BCUT2D eigenvalue weighted by Crippen LogP contribution is -2.52. The molecule has 9 heteroatoms. The number of imide groups is 1. The normalized spacial score (nSPS) is 21.5. The molecule has 4 aromatic rings. The Hall–Kier alpha value is -3.97. The van der Waals surface area contributed by atoms with Gasteiger partial charge in [-0.2, -0.15) is 5.01 Å². The molecule has 4 aliphatic rings. The number of carbonyl (C=O) groups excluding carboxylic acids is 4. The molecule has 1 fully saturated rings. The van der Waals surface area contributed by atoms with Crippen LogP contribution in [0.15, 0.2) is 91.0 Å². The first-order valence-electron chi connectivity index (χ1n) is 13.4. The molecule has 1 saturated heterocycles. The van der Waals surface area contributed by atoms with Gasteiger partial charge in [0, 0.05) is 28.0 Å². The number of benzene rings is 4. The minimum Gasteiger partial charge on any atom is -0.292 e. The number of amides is 3. The smallest absolute Gasteiger partial charge is 0.273 e. The van der Waals surface area contributed by atoms with E-state index in [-0.39, 0.29) is 33.0 Å². The molecule has 0 radical (unpaired) electrons. The van der Waals surface area contributed by atoms with Crippen molar-refractivity contribution in [2.45, 2.75) is 11.8 Å². The van der Waals surface area contributed by atoms with Crippen LogP contribution < -0.4 is 0 Å². The lowest BCUT2D eigenvalue weighted by atomic mass is 9.55. The van der Waals surface area contributed by atoms with Gasteiger partial charge in [-0.05, 0) is 64.7 Å². The summed E-state index contributed by atoms with van der Waals surface area (Å²) in [4.78, 5) is 56.2. The second-order valence-electron chi connectivity index (χ2n) is 10.7. The lowest BCUT2D eigenvalue weighted by molar-refractivity contribution is -0.154. The average molecular weight is 616 g/mol. The highest BCUT2D eigenvalue weighted by molar-refractivity contribution is 6.42. The van der Waals surface area contributed by atoms with Crippen molar-refractivity contribution in [3.8, 4) is 0 Å². The van der Waals surface area contributed by atoms with Gasteiger partial charge in [-0.25, -0.2) is 5.01 Å². The van der Waals surface area contributed by atoms with Gasteiger partial charge in [-0.15, -0.1) is 0 Å². The number of Topliss-reactive ketones (excluding diaryl/α,β-unsaturated/α-hetero) is 1. The molecule has 42 heavy (non-hydrogen) atoms. The van der Waals surface area contributed by atoms with E-state index in [4.69, 9.17) is 34.8 Å². The predicted octanol–water partition coefficient (Wildman–Crippen LogP) is 6.78. The van der Waals surface area contributed by atoms with Crippen LogP contribution in [0.2, 0.25) is 15.1 Å². The fourth-order valence-corrected chi connectivity index (χ4v) is 7.20. The second-order valence-corrected chi connectivity index (χ2v) is 11.9. The number of halogens is 3. The molecule has 0 unspecified atom stereocenters. The van der Waals surface area contributed by atoms with Gasteiger partial charge in [0.05, 0.1) is 21.9 Å². The van der Waals surface area contributed by atoms with Crippen molar-refractivity contribution in [2.75, 3.05) is 6.54 Å². The van der Waals surface area contributed by atoms with Crippen molar-refractivity contribution in [3.05, 3.63) is 139 Å². The summed E-state index contributed by atoms with van der Waals surface area (Å²) in [6.07, 6.45) is 0. The van der Waals surface area contributed by atoms with Crippen LogP contribution >= 0.6 is 34.8 Å². The summed E-state index contributed by atoms with van der Waals surface area (Å²) in [6.45, 7) is -0.549. The van der Waals surface area contributed by atoms with E-state index >= 15 is 0 Å². The summed E-state index contributed by atoms with van der Waals surface area (Å²) in [6, 6.07) is 26.2. The maximum atomic E-state index is 14.4. The van der Waals surface area contributed by atoms with Gasteiger partial charge >= 0.3 is 0 Å². The number of rotatable bonds is 5. The fourth-order valence-electron chi connectivity index (χ4n) is 6.77. The van der Waals surface area contributed by atoms with Crippen LogP contribution in [0.3, 0.4) is 0 Å². The van der Waals surface area contributed by atoms with Crippen molar-refractivity contribution in [3.63, 3.8) is 0 Å². The Kier molecular flexibility index (Phi) is 6.46. The molecule has 3 aliphatic carbocycles. The predicted molar refractivity (Wildman–Crippen MR) is 159 cm³/mol. The Labute approximate surface area is 256 Å². The van der Waals surface area contributed by atoms with E-state index < -0.39 is 41.9 Å². The molecule has 1 heterocycles. The van der Waals surface area contributed by atoms with Gasteiger partial charge in [0.2, 0.25) is 0 Å². The first-order chi connectivity index (χ1) is 20.3. The highest BCUT2D eigenvalue weighted by Crippen LogP contribution is 2.61. The van der Waals surface area contributed by atoms with Gasteiger partial charge in [0.25, 0.3) is 17.7 Å². The van der Waals surface area contributed by atoms with E-state index in [2.05, 4.69) is 0 Å². The van der Waals surface area contributed by atoms with Crippen LogP contribution in [0.4, 0.5) is 0 Å². The minimum absolute atomic E-state index is 0.0818. The summed E-state index contributed by atoms with van der Waals surface area (Å²) in [5.41, 5.74) is 4.38. The van der Waals surface area contributed by atoms with E-state index in [1.165, 1.54) is 30.3 Å². The zero-order valence-corrected chi connectivity index (χ0v) is 24.1. The van der Waals surface area contributed by atoms with E-state index in [0.29, 0.717) is 5.02 Å². The Morgan fingerprint density at radius 1 is 0.643 bits per heavy atom. The maximum Gasteiger partial charge on any atom is 0.273 e. The third-order valence-electron chi connectivity index (χ3n) is 8.53. The monoisotopic (exact) mass is 614 g/mol. The molecule has 0 saturated carbocycles. The summed E-state index contributed by atoms with van der Waals surface area (Å²) in [5.74, 6) is -4.37. The number of carbonyl (C=O) groups is 4. The summed E-state index contributed by atoms with van der Waals surface area (Å²) < 4.78 is 0. The summed E-state index contributed by atoms with van der Waals surface area (Å²) >= 11 is 18.3. The van der Waals surface area contributed by atoms with Crippen LogP contribution in [-0.2, 0) is 9.59 Å². The zero-order valence-electron chi connectivity index (χ0n) is 21.8. The maximum absolute atomic E-state index is 14.4. The van der Waals surface area contributed by atoms with Crippen LogP contribution in [0.5, 0.6) is 0 Å². The zero-order chi connectivity index (χ0) is 29.3. The van der Waals surface area contributed by atoms with Crippen LogP contribution in [0.25, 0.3) is 0 Å². The molecule has 2 atom stereocenters. The molecule has 8 rings (SSSR count). The topological polar surface area (TPSA) is 74.8 Å². The molecular weight excluding hydrogens is 595 g/mol. The van der Waals surface area contributed by atoms with Crippen molar-refractivity contribution < 1.29 is 19.2 Å². The fraction of sp³-hybridized carbons (Fsp3) is 0.152. The first kappa shape index (κ1) is 26.9. The van der Waals surface area contributed by atoms with Crippen molar-refractivity contribution >= 4 is 58.3 Å². The number of hydrogen-bond acceptors (Lipinski definition) is 4. The molecule has 0 aromatic heterocycles. The standard InChI is InChI=1S/C33H21Cl3N2O4/c34-19-12-9-17(10-13-19)26(39)16-37(31(40)18-11-14-24(35)25(36)15-18)38-32(41)29-27-20-5-1-2-6-21(20)28(30(29)33(38)42)23-8-4-3-7-22(23)27/h1-15,27-30H,16H2/t27?,28?,29-,30+. The number of hydrogen-bond donors (Lipinski definition) is 0. The second kappa shape index (κ2) is 10.1. The Morgan fingerprint density at radius 3 is 1.60 bits per heavy atom. The summed E-state index contributed by atoms with van der Waals surface area (Å²) in [5, 5.41) is 2.66. The largest absolute Gasteiger partial charge is 0.292 e. The molecule has 0 N–H and O–H groups in total. The molecule has 1 aliphatic heterocycles. The van der Waals surface area contributed by atoms with E-state index in [0.717, 1.165) is 32.3 Å². The summed E-state index contributed by atoms with van der Waals surface area (Å²) in [7, 11) is 0. The van der Waals surface area contributed by atoms with Crippen LogP contribution in [0, 0.1) is 11.8 Å². The van der Waals surface area contributed by atoms with Crippen molar-refractivity contribution in [1.82, 2.24) is 10.0 Å². The average Bonchev–Trinajstić information content (AvgIpc) is 3.27. The van der Waals surface area contributed by atoms with Gasteiger partial charge in [-0.3, -0.25) is 19.2 Å². The number of ketones is 1. The highest BCUT2D eigenvalue weighted by atomic mass is 35.5. The molecule has 3 amide bonds. The SMILES string of the molecule is O=C(CN(C(=O)c1ccc(Cl)c(Cl)c1)N1C(=O)[C@@H]2C3c4ccccc4C(c4ccccc43)[C@@H]2C1=O)c1ccc(Cl)cc1. The van der Waals surface area contributed by atoms with Gasteiger partial charge in [-0.1, -0.05) is 83.3 Å². The molecule has 208 valence electrons. The Balaban J connectivity index is 1.33. The number of hydrazine groups is 1. The van der Waals surface area contributed by atoms with Gasteiger partial charge in [0.15, 0.2) is 5.78 Å². The van der Waals surface area contributed by atoms with Crippen molar-refractivity contribution in [1.29, 1.82) is 0 Å². The Morgan fingerprint density at radius 2 is 1.12 bits per heavy atom. The Bertz CT molecular complexity index is 1710. The molecular formula is C33H21Cl3N2O4. The third kappa shape index (κ3) is 4.01. The molecule has 6 nitrogen and oxygen atoms in total. The molecule has 0 spiro atoms. The quantitative estimate of drug-likeness (QED) is 0.183. The van der Waals surface area contributed by atoms with Gasteiger partial charge in [0.1, 0.15) is 6.54 Å². The van der Waals surface area contributed by atoms with Crippen molar-refractivity contribution in [2.24, 2.45) is 11.8 Å². The molecule has 2 bridgehead atoms. The van der Waals surface area contributed by atoms with E-state index in [9.17, 15) is 19.2 Å².